The maximum Gasteiger partial charge on any atom is 0.190 e. The number of para-hydroxylation sites is 1. The van der Waals surface area contributed by atoms with E-state index in [1.54, 1.807) is 13.3 Å². The van der Waals surface area contributed by atoms with Crippen molar-refractivity contribution in [3.63, 3.8) is 0 Å². The lowest BCUT2D eigenvalue weighted by Gasteiger charge is -2.26. The van der Waals surface area contributed by atoms with E-state index in [0.717, 1.165) is 50.0 Å². The maximum atomic E-state index is 5.72. The van der Waals surface area contributed by atoms with Crippen LogP contribution in [0.15, 0.2) is 52.1 Å². The lowest BCUT2D eigenvalue weighted by atomic mass is 9.93. The summed E-state index contributed by atoms with van der Waals surface area (Å²) in [4.78, 5) is 4.29. The summed E-state index contributed by atoms with van der Waals surface area (Å²) in [6.07, 6.45) is 3.58. The van der Waals surface area contributed by atoms with Gasteiger partial charge in [0.15, 0.2) is 5.96 Å². The summed E-state index contributed by atoms with van der Waals surface area (Å²) >= 11 is 0. The van der Waals surface area contributed by atoms with Crippen molar-refractivity contribution >= 4 is 5.96 Å². The average Bonchev–Trinajstić information content (AvgIpc) is 3.20. The first-order valence-electron chi connectivity index (χ1n) is 9.13. The van der Waals surface area contributed by atoms with E-state index in [2.05, 4.69) is 27.8 Å². The topological polar surface area (TPSA) is 68.0 Å². The van der Waals surface area contributed by atoms with Crippen molar-refractivity contribution < 1.29 is 13.9 Å². The van der Waals surface area contributed by atoms with Gasteiger partial charge in [-0.3, -0.25) is 4.99 Å². The quantitative estimate of drug-likeness (QED) is 0.432. The number of furan rings is 1. The Kier molecular flexibility index (Phi) is 6.96. The van der Waals surface area contributed by atoms with E-state index >= 15 is 0 Å². The smallest absolute Gasteiger partial charge is 0.190 e. The van der Waals surface area contributed by atoms with Crippen LogP contribution in [0.3, 0.4) is 0 Å². The van der Waals surface area contributed by atoms with E-state index in [1.807, 2.05) is 24.3 Å². The molecule has 1 aromatic heterocycles. The van der Waals surface area contributed by atoms with E-state index in [-0.39, 0.29) is 0 Å². The number of hydrogen-bond acceptors (Lipinski definition) is 4. The molecular weight excluding hydrogens is 330 g/mol. The number of fused-ring (bicyclic) bond motifs is 1. The van der Waals surface area contributed by atoms with Crippen LogP contribution in [0.25, 0.3) is 0 Å². The van der Waals surface area contributed by atoms with Crippen molar-refractivity contribution in [3.05, 3.63) is 54.0 Å². The Hall–Kier alpha value is -2.47. The highest BCUT2D eigenvalue weighted by Gasteiger charge is 2.20. The van der Waals surface area contributed by atoms with Gasteiger partial charge in [0.2, 0.25) is 0 Å². The van der Waals surface area contributed by atoms with E-state index < -0.39 is 0 Å². The summed E-state index contributed by atoms with van der Waals surface area (Å²) in [5.41, 5.74) is 1.27. The van der Waals surface area contributed by atoms with Crippen LogP contribution in [0.1, 0.15) is 30.1 Å². The SMILES string of the molecule is CN=C(NCCCOCc1ccco1)NCC1CCOc2ccccc21. The molecule has 140 valence electrons. The summed E-state index contributed by atoms with van der Waals surface area (Å²) in [5.74, 6) is 3.12. The van der Waals surface area contributed by atoms with Crippen LogP contribution in [0.5, 0.6) is 5.75 Å². The molecule has 1 aromatic carbocycles. The molecule has 1 aliphatic rings. The van der Waals surface area contributed by atoms with Gasteiger partial charge >= 0.3 is 0 Å². The van der Waals surface area contributed by atoms with Crippen molar-refractivity contribution in [2.75, 3.05) is 33.4 Å². The van der Waals surface area contributed by atoms with Crippen molar-refractivity contribution in [1.29, 1.82) is 0 Å². The zero-order valence-electron chi connectivity index (χ0n) is 15.2. The number of benzene rings is 1. The lowest BCUT2D eigenvalue weighted by molar-refractivity contribution is 0.105. The Labute approximate surface area is 154 Å². The highest BCUT2D eigenvalue weighted by atomic mass is 16.5. The lowest BCUT2D eigenvalue weighted by Crippen LogP contribution is -2.40. The van der Waals surface area contributed by atoms with Crippen LogP contribution in [0.2, 0.25) is 0 Å². The van der Waals surface area contributed by atoms with Gasteiger partial charge in [0.25, 0.3) is 0 Å². The first kappa shape index (κ1) is 18.3. The second kappa shape index (κ2) is 9.87. The third-order valence-corrected chi connectivity index (χ3v) is 4.40. The van der Waals surface area contributed by atoms with Crippen LogP contribution >= 0.6 is 0 Å². The second-order valence-corrected chi connectivity index (χ2v) is 6.24. The molecule has 3 rings (SSSR count). The minimum Gasteiger partial charge on any atom is -0.493 e. The molecule has 1 unspecified atom stereocenters. The molecule has 0 saturated heterocycles. The number of guanidine groups is 1. The highest BCUT2D eigenvalue weighted by molar-refractivity contribution is 5.79. The first-order chi connectivity index (χ1) is 12.9. The van der Waals surface area contributed by atoms with E-state index in [0.29, 0.717) is 19.1 Å². The third kappa shape index (κ3) is 5.26. The van der Waals surface area contributed by atoms with Crippen LogP contribution in [-0.4, -0.2) is 39.3 Å². The molecule has 6 nitrogen and oxygen atoms in total. The highest BCUT2D eigenvalue weighted by Crippen LogP contribution is 2.32. The van der Waals surface area contributed by atoms with Gasteiger partial charge in [-0.2, -0.15) is 0 Å². The van der Waals surface area contributed by atoms with Crippen molar-refractivity contribution in [2.24, 2.45) is 4.99 Å². The summed E-state index contributed by atoms with van der Waals surface area (Å²) in [6, 6.07) is 12.1. The molecule has 2 heterocycles. The number of aliphatic imine (C=N–C) groups is 1. The summed E-state index contributed by atoms with van der Waals surface area (Å²) in [6.45, 7) is 3.61. The summed E-state index contributed by atoms with van der Waals surface area (Å²) in [7, 11) is 1.79. The Morgan fingerprint density at radius 3 is 3.00 bits per heavy atom. The molecular formula is C20H27N3O3. The molecule has 1 aliphatic heterocycles. The average molecular weight is 357 g/mol. The van der Waals surface area contributed by atoms with E-state index in [1.165, 1.54) is 5.56 Å². The monoisotopic (exact) mass is 357 g/mol. The van der Waals surface area contributed by atoms with Gasteiger partial charge in [0, 0.05) is 32.7 Å². The number of nitrogens with zero attached hydrogens (tertiary/aromatic N) is 1. The number of rotatable bonds is 8. The maximum absolute atomic E-state index is 5.72. The Morgan fingerprint density at radius 2 is 2.15 bits per heavy atom. The molecule has 2 aromatic rings. The molecule has 1 atom stereocenters. The predicted octanol–water partition coefficient (Wildman–Crippen LogP) is 2.92. The van der Waals surface area contributed by atoms with Crippen LogP contribution in [0, 0.1) is 0 Å². The van der Waals surface area contributed by atoms with Gasteiger partial charge in [-0.1, -0.05) is 18.2 Å². The molecule has 0 saturated carbocycles. The van der Waals surface area contributed by atoms with Crippen LogP contribution in [-0.2, 0) is 11.3 Å². The predicted molar refractivity (Wildman–Crippen MR) is 102 cm³/mol. The van der Waals surface area contributed by atoms with Gasteiger partial charge < -0.3 is 24.5 Å². The molecule has 0 bridgehead atoms. The fourth-order valence-corrected chi connectivity index (χ4v) is 3.02. The van der Waals surface area contributed by atoms with Crippen molar-refractivity contribution in [3.8, 4) is 5.75 Å². The standard InChI is InChI=1S/C20H27N3O3/c1-21-20(22-10-5-11-24-15-17-6-4-12-25-17)23-14-16-9-13-26-19-8-3-2-7-18(16)19/h2-4,6-8,12,16H,5,9-11,13-15H2,1H3,(H2,21,22,23). The molecule has 0 spiro atoms. The summed E-state index contributed by atoms with van der Waals surface area (Å²) in [5, 5.41) is 6.75. The van der Waals surface area contributed by atoms with E-state index in [4.69, 9.17) is 13.9 Å². The van der Waals surface area contributed by atoms with Crippen molar-refractivity contribution in [1.82, 2.24) is 10.6 Å². The molecule has 26 heavy (non-hydrogen) atoms. The van der Waals surface area contributed by atoms with Crippen LogP contribution < -0.4 is 15.4 Å². The second-order valence-electron chi connectivity index (χ2n) is 6.24. The number of hydrogen-bond donors (Lipinski definition) is 2. The number of nitrogens with one attached hydrogen (secondary N) is 2. The minimum atomic E-state index is 0.440. The largest absolute Gasteiger partial charge is 0.493 e. The molecule has 0 radical (unpaired) electrons. The van der Waals surface area contributed by atoms with Gasteiger partial charge in [0.1, 0.15) is 18.1 Å². The molecule has 0 aliphatic carbocycles. The molecule has 0 fully saturated rings. The zero-order chi connectivity index (χ0) is 18.0. The molecule has 2 N–H and O–H groups in total. The zero-order valence-corrected chi connectivity index (χ0v) is 15.2. The Balaban J connectivity index is 1.34. The normalized spacial score (nSPS) is 16.7. The van der Waals surface area contributed by atoms with Gasteiger partial charge in [-0.25, -0.2) is 0 Å². The molecule has 6 heteroatoms. The fraction of sp³-hybridized carbons (Fsp3) is 0.450. The Bertz CT molecular complexity index is 685. The Morgan fingerprint density at radius 1 is 1.23 bits per heavy atom. The van der Waals surface area contributed by atoms with Gasteiger partial charge in [0.05, 0.1) is 12.9 Å². The third-order valence-electron chi connectivity index (χ3n) is 4.40. The fourth-order valence-electron chi connectivity index (χ4n) is 3.02. The molecule has 0 amide bonds. The van der Waals surface area contributed by atoms with E-state index in [9.17, 15) is 0 Å². The van der Waals surface area contributed by atoms with Gasteiger partial charge in [-0.15, -0.1) is 0 Å². The first-order valence-corrected chi connectivity index (χ1v) is 9.13. The van der Waals surface area contributed by atoms with Gasteiger partial charge in [-0.05, 0) is 36.6 Å². The number of ether oxygens (including phenoxy) is 2. The summed E-state index contributed by atoms with van der Waals surface area (Å²) < 4.78 is 16.5. The van der Waals surface area contributed by atoms with Crippen molar-refractivity contribution in [2.45, 2.75) is 25.4 Å². The van der Waals surface area contributed by atoms with Crippen LogP contribution in [0.4, 0.5) is 0 Å². The minimum absolute atomic E-state index is 0.440.